The van der Waals surface area contributed by atoms with Gasteiger partial charge in [0.15, 0.2) is 0 Å². The Balaban J connectivity index is 3.20. The van der Waals surface area contributed by atoms with E-state index >= 15 is 0 Å². The maximum atomic E-state index is 9.50. The number of halogens is 1. The second-order valence-electron chi connectivity index (χ2n) is 2.97. The minimum Gasteiger partial charge on any atom is -0.508 e. The van der Waals surface area contributed by atoms with Gasteiger partial charge in [-0.1, -0.05) is 11.6 Å². The van der Waals surface area contributed by atoms with E-state index in [1.807, 2.05) is 6.92 Å². The van der Waals surface area contributed by atoms with Crippen molar-refractivity contribution in [3.63, 3.8) is 0 Å². The largest absolute Gasteiger partial charge is 0.508 e. The van der Waals surface area contributed by atoms with E-state index in [2.05, 4.69) is 0 Å². The van der Waals surface area contributed by atoms with E-state index in [-0.39, 0.29) is 12.4 Å². The number of benzene rings is 1. The number of aliphatic hydroxyl groups is 1. The van der Waals surface area contributed by atoms with Crippen LogP contribution in [0.1, 0.15) is 17.2 Å². The first-order chi connectivity index (χ1) is 6.06. The summed E-state index contributed by atoms with van der Waals surface area (Å²) in [6, 6.07) is 2.64. The maximum Gasteiger partial charge on any atom is 0.122 e. The Morgan fingerprint density at radius 1 is 1.54 bits per heavy atom. The Morgan fingerprint density at radius 2 is 2.15 bits per heavy atom. The van der Waals surface area contributed by atoms with Crippen LogP contribution in [0.3, 0.4) is 0 Å². The van der Waals surface area contributed by atoms with Gasteiger partial charge in [-0.3, -0.25) is 0 Å². The van der Waals surface area contributed by atoms with Crippen LogP contribution >= 0.6 is 11.6 Å². The Kier molecular flexibility index (Phi) is 3.14. The van der Waals surface area contributed by atoms with Crippen LogP contribution in [-0.2, 0) is 0 Å². The Bertz CT molecular complexity index is 291. The molecule has 0 radical (unpaired) electrons. The molecule has 1 aromatic carbocycles. The molecule has 72 valence electrons. The molecule has 1 unspecified atom stereocenters. The average Bonchev–Trinajstić information content (AvgIpc) is 2.02. The molecule has 1 atom stereocenters. The summed E-state index contributed by atoms with van der Waals surface area (Å²) in [5.74, 6) is 0.0338. The van der Waals surface area contributed by atoms with Crippen LogP contribution in [0.15, 0.2) is 12.1 Å². The van der Waals surface area contributed by atoms with Gasteiger partial charge in [0.25, 0.3) is 0 Å². The molecule has 0 heterocycles. The molecule has 0 aliphatic rings. The van der Waals surface area contributed by atoms with Crippen molar-refractivity contribution < 1.29 is 10.2 Å². The van der Waals surface area contributed by atoms with Gasteiger partial charge in [-0.2, -0.15) is 0 Å². The number of nitrogens with two attached hydrogens (primary N) is 1. The molecular formula is C9H12ClNO2. The Morgan fingerprint density at radius 3 is 2.62 bits per heavy atom. The van der Waals surface area contributed by atoms with Crippen molar-refractivity contribution in [3.05, 3.63) is 28.3 Å². The van der Waals surface area contributed by atoms with Crippen molar-refractivity contribution >= 4 is 11.6 Å². The fourth-order valence-corrected chi connectivity index (χ4v) is 1.60. The topological polar surface area (TPSA) is 66.5 Å². The molecule has 1 rings (SSSR count). The van der Waals surface area contributed by atoms with E-state index in [0.29, 0.717) is 10.6 Å². The summed E-state index contributed by atoms with van der Waals surface area (Å²) in [6.45, 7) is 1.58. The minimum absolute atomic E-state index is 0.0338. The zero-order valence-corrected chi connectivity index (χ0v) is 8.04. The van der Waals surface area contributed by atoms with E-state index < -0.39 is 6.04 Å². The van der Waals surface area contributed by atoms with Gasteiger partial charge in [-0.05, 0) is 24.6 Å². The molecule has 0 spiro atoms. The number of hydrogen-bond donors (Lipinski definition) is 3. The number of phenolic OH excluding ortho intramolecular Hbond substituents is 1. The lowest BCUT2D eigenvalue weighted by atomic mass is 10.0. The van der Waals surface area contributed by atoms with Crippen LogP contribution in [0.4, 0.5) is 0 Å². The lowest BCUT2D eigenvalue weighted by molar-refractivity contribution is 0.265. The molecule has 0 amide bonds. The highest BCUT2D eigenvalue weighted by Gasteiger charge is 2.14. The fraction of sp³-hybridized carbons (Fsp3) is 0.333. The van der Waals surface area contributed by atoms with Gasteiger partial charge in [-0.15, -0.1) is 0 Å². The summed E-state index contributed by atoms with van der Waals surface area (Å²) in [4.78, 5) is 0. The third-order valence-corrected chi connectivity index (χ3v) is 2.13. The standard InChI is InChI=1S/C9H12ClNO2/c1-5-2-6(10)9(7(11)4-12)8(13)3-5/h2-3,7,12-13H,4,11H2,1H3. The number of phenols is 1. The van der Waals surface area contributed by atoms with Crippen LogP contribution in [0, 0.1) is 6.92 Å². The Labute approximate surface area is 81.8 Å². The molecule has 0 bridgehead atoms. The van der Waals surface area contributed by atoms with Crippen molar-refractivity contribution in [2.75, 3.05) is 6.61 Å². The predicted molar refractivity (Wildman–Crippen MR) is 51.9 cm³/mol. The van der Waals surface area contributed by atoms with E-state index in [1.54, 1.807) is 12.1 Å². The molecule has 0 aliphatic heterocycles. The predicted octanol–water partition coefficient (Wildman–Crippen LogP) is 1.35. The highest BCUT2D eigenvalue weighted by molar-refractivity contribution is 6.31. The summed E-state index contributed by atoms with van der Waals surface area (Å²) >= 11 is 5.86. The molecule has 0 saturated carbocycles. The Hall–Kier alpha value is -0.770. The van der Waals surface area contributed by atoms with Gasteiger partial charge in [0.1, 0.15) is 5.75 Å². The van der Waals surface area contributed by atoms with E-state index in [1.165, 1.54) is 0 Å². The first kappa shape index (κ1) is 10.3. The quantitative estimate of drug-likeness (QED) is 0.677. The van der Waals surface area contributed by atoms with Gasteiger partial charge >= 0.3 is 0 Å². The van der Waals surface area contributed by atoms with Crippen molar-refractivity contribution in [1.29, 1.82) is 0 Å². The highest BCUT2D eigenvalue weighted by atomic mass is 35.5. The van der Waals surface area contributed by atoms with Gasteiger partial charge in [0, 0.05) is 10.6 Å². The van der Waals surface area contributed by atoms with Crippen molar-refractivity contribution in [1.82, 2.24) is 0 Å². The number of aliphatic hydroxyl groups excluding tert-OH is 1. The molecule has 0 fully saturated rings. The summed E-state index contributed by atoms with van der Waals surface area (Å²) < 4.78 is 0. The van der Waals surface area contributed by atoms with Gasteiger partial charge < -0.3 is 15.9 Å². The molecule has 3 nitrogen and oxygen atoms in total. The second kappa shape index (κ2) is 3.96. The van der Waals surface area contributed by atoms with E-state index in [0.717, 1.165) is 5.56 Å². The number of aromatic hydroxyl groups is 1. The highest BCUT2D eigenvalue weighted by Crippen LogP contribution is 2.31. The molecule has 4 heteroatoms. The molecule has 13 heavy (non-hydrogen) atoms. The summed E-state index contributed by atoms with van der Waals surface area (Å²) in [7, 11) is 0. The summed E-state index contributed by atoms with van der Waals surface area (Å²) in [6.07, 6.45) is 0. The third kappa shape index (κ3) is 2.12. The summed E-state index contributed by atoms with van der Waals surface area (Å²) in [5.41, 5.74) is 6.81. The first-order valence-electron chi connectivity index (χ1n) is 3.91. The molecule has 0 saturated heterocycles. The van der Waals surface area contributed by atoms with Gasteiger partial charge in [-0.25, -0.2) is 0 Å². The van der Waals surface area contributed by atoms with Crippen LogP contribution in [0.5, 0.6) is 5.75 Å². The fourth-order valence-electron chi connectivity index (χ4n) is 1.19. The minimum atomic E-state index is -0.631. The van der Waals surface area contributed by atoms with Crippen molar-refractivity contribution in [3.8, 4) is 5.75 Å². The first-order valence-corrected chi connectivity index (χ1v) is 4.29. The van der Waals surface area contributed by atoms with Gasteiger partial charge in [0.05, 0.1) is 12.6 Å². The normalized spacial score (nSPS) is 12.9. The average molecular weight is 202 g/mol. The van der Waals surface area contributed by atoms with E-state index in [9.17, 15) is 5.11 Å². The maximum absolute atomic E-state index is 9.50. The summed E-state index contributed by atoms with van der Waals surface area (Å²) in [5, 5.41) is 18.7. The molecule has 0 aromatic heterocycles. The van der Waals surface area contributed by atoms with E-state index in [4.69, 9.17) is 22.4 Å². The second-order valence-corrected chi connectivity index (χ2v) is 3.38. The van der Waals surface area contributed by atoms with Crippen molar-refractivity contribution in [2.24, 2.45) is 5.73 Å². The lowest BCUT2D eigenvalue weighted by Gasteiger charge is -2.13. The third-order valence-electron chi connectivity index (χ3n) is 1.82. The van der Waals surface area contributed by atoms with Crippen LogP contribution < -0.4 is 5.73 Å². The number of rotatable bonds is 2. The molecule has 1 aromatic rings. The number of hydrogen-bond acceptors (Lipinski definition) is 3. The van der Waals surface area contributed by atoms with Gasteiger partial charge in [0.2, 0.25) is 0 Å². The zero-order valence-electron chi connectivity index (χ0n) is 7.29. The lowest BCUT2D eigenvalue weighted by Crippen LogP contribution is -2.15. The van der Waals surface area contributed by atoms with Crippen LogP contribution in [-0.4, -0.2) is 16.8 Å². The monoisotopic (exact) mass is 201 g/mol. The van der Waals surface area contributed by atoms with Crippen LogP contribution in [0.2, 0.25) is 5.02 Å². The SMILES string of the molecule is Cc1cc(O)c(C(N)CO)c(Cl)c1. The smallest absolute Gasteiger partial charge is 0.122 e. The number of aryl methyl sites for hydroxylation is 1. The van der Waals surface area contributed by atoms with Crippen LogP contribution in [0.25, 0.3) is 0 Å². The zero-order chi connectivity index (χ0) is 10.0. The molecule has 4 N–H and O–H groups in total. The molecular weight excluding hydrogens is 190 g/mol. The van der Waals surface area contributed by atoms with Crippen molar-refractivity contribution in [2.45, 2.75) is 13.0 Å². The molecule has 0 aliphatic carbocycles.